The van der Waals surface area contributed by atoms with E-state index >= 15 is 0 Å². The SMILES string of the molecule is NC(=O)c1ccc(-n2cc(Cl)c(N)n2)c(Br)c1. The lowest BCUT2D eigenvalue weighted by Gasteiger charge is -2.05. The summed E-state index contributed by atoms with van der Waals surface area (Å²) in [5.74, 6) is -0.243. The lowest BCUT2D eigenvalue weighted by atomic mass is 10.2. The number of nitrogens with two attached hydrogens (primary N) is 2. The molecule has 0 spiro atoms. The Kier molecular flexibility index (Phi) is 3.08. The van der Waals surface area contributed by atoms with Gasteiger partial charge < -0.3 is 11.5 Å². The van der Waals surface area contributed by atoms with Gasteiger partial charge in [-0.05, 0) is 34.1 Å². The van der Waals surface area contributed by atoms with Gasteiger partial charge in [-0.1, -0.05) is 11.6 Å². The van der Waals surface area contributed by atoms with Gasteiger partial charge in [0.25, 0.3) is 0 Å². The third-order valence-electron chi connectivity index (χ3n) is 2.17. The number of anilines is 1. The number of hydrogen-bond acceptors (Lipinski definition) is 3. The van der Waals surface area contributed by atoms with Gasteiger partial charge in [-0.2, -0.15) is 0 Å². The predicted molar refractivity (Wildman–Crippen MR) is 69.2 cm³/mol. The molecule has 4 N–H and O–H groups in total. The molecular formula is C10H8BrClN4O. The Balaban J connectivity index is 2.50. The lowest BCUT2D eigenvalue weighted by molar-refractivity contribution is 0.100. The molecule has 1 amide bonds. The van der Waals surface area contributed by atoms with Gasteiger partial charge in [0.1, 0.15) is 5.02 Å². The fourth-order valence-electron chi connectivity index (χ4n) is 1.34. The first-order valence-electron chi connectivity index (χ1n) is 4.59. The monoisotopic (exact) mass is 314 g/mol. The molecule has 2 aromatic rings. The Hall–Kier alpha value is -1.53. The van der Waals surface area contributed by atoms with Gasteiger partial charge in [-0.15, -0.1) is 5.10 Å². The zero-order chi connectivity index (χ0) is 12.6. The summed E-state index contributed by atoms with van der Waals surface area (Å²) >= 11 is 9.15. The summed E-state index contributed by atoms with van der Waals surface area (Å²) < 4.78 is 2.19. The predicted octanol–water partition coefficient (Wildman–Crippen LogP) is 1.97. The van der Waals surface area contributed by atoms with E-state index in [2.05, 4.69) is 21.0 Å². The first-order valence-corrected chi connectivity index (χ1v) is 5.76. The molecule has 0 radical (unpaired) electrons. The molecule has 2 rings (SSSR count). The second-order valence-electron chi connectivity index (χ2n) is 3.34. The molecule has 0 aliphatic rings. The Morgan fingerprint density at radius 2 is 2.18 bits per heavy atom. The van der Waals surface area contributed by atoms with E-state index in [1.54, 1.807) is 24.4 Å². The van der Waals surface area contributed by atoms with Gasteiger partial charge in [-0.3, -0.25) is 4.79 Å². The van der Waals surface area contributed by atoms with Crippen molar-refractivity contribution < 1.29 is 4.79 Å². The normalized spacial score (nSPS) is 10.5. The number of hydrogen-bond donors (Lipinski definition) is 2. The Morgan fingerprint density at radius 1 is 1.47 bits per heavy atom. The van der Waals surface area contributed by atoms with Crippen molar-refractivity contribution in [2.24, 2.45) is 5.73 Å². The first kappa shape index (κ1) is 11.9. The maximum absolute atomic E-state index is 11.0. The van der Waals surface area contributed by atoms with Crippen molar-refractivity contribution in [3.05, 3.63) is 39.5 Å². The highest BCUT2D eigenvalue weighted by molar-refractivity contribution is 9.10. The van der Waals surface area contributed by atoms with Crippen LogP contribution >= 0.6 is 27.5 Å². The van der Waals surface area contributed by atoms with Crippen LogP contribution in [0.1, 0.15) is 10.4 Å². The molecule has 1 aromatic carbocycles. The standard InChI is InChI=1S/C10H8BrClN4O/c11-6-3-5(10(14)17)1-2-8(6)16-4-7(12)9(13)15-16/h1-4H,(H2,13,15)(H2,14,17). The topological polar surface area (TPSA) is 86.9 Å². The van der Waals surface area contributed by atoms with E-state index in [-0.39, 0.29) is 5.82 Å². The maximum atomic E-state index is 11.0. The third-order valence-corrected chi connectivity index (χ3v) is 3.10. The molecule has 5 nitrogen and oxygen atoms in total. The number of carbonyl (C=O) groups excluding carboxylic acids is 1. The van der Waals surface area contributed by atoms with Crippen molar-refractivity contribution in [3.8, 4) is 5.69 Å². The van der Waals surface area contributed by atoms with E-state index in [9.17, 15) is 4.79 Å². The van der Waals surface area contributed by atoms with Crippen LogP contribution in [0.4, 0.5) is 5.82 Å². The van der Waals surface area contributed by atoms with Crippen molar-refractivity contribution >= 4 is 39.3 Å². The smallest absolute Gasteiger partial charge is 0.248 e. The molecule has 0 aliphatic heterocycles. The van der Waals surface area contributed by atoms with Crippen LogP contribution in [0.3, 0.4) is 0 Å². The summed E-state index contributed by atoms with van der Waals surface area (Å²) in [7, 11) is 0. The number of nitrogens with zero attached hydrogens (tertiary/aromatic N) is 2. The quantitative estimate of drug-likeness (QED) is 0.888. The molecule has 0 fully saturated rings. The molecular weight excluding hydrogens is 307 g/mol. The molecule has 0 aliphatic carbocycles. The fourth-order valence-corrected chi connectivity index (χ4v) is 2.03. The highest BCUT2D eigenvalue weighted by atomic mass is 79.9. The molecule has 0 atom stereocenters. The van der Waals surface area contributed by atoms with E-state index < -0.39 is 5.91 Å². The van der Waals surface area contributed by atoms with Gasteiger partial charge in [0.15, 0.2) is 5.82 Å². The van der Waals surface area contributed by atoms with E-state index in [0.29, 0.717) is 20.7 Å². The van der Waals surface area contributed by atoms with Crippen LogP contribution in [0, 0.1) is 0 Å². The van der Waals surface area contributed by atoms with Gasteiger partial charge in [0.2, 0.25) is 5.91 Å². The van der Waals surface area contributed by atoms with Crippen LogP contribution in [-0.4, -0.2) is 15.7 Å². The van der Waals surface area contributed by atoms with Gasteiger partial charge >= 0.3 is 0 Å². The van der Waals surface area contributed by atoms with Crippen molar-refractivity contribution in [3.63, 3.8) is 0 Å². The number of primary amides is 1. The van der Waals surface area contributed by atoms with Crippen LogP contribution in [0.2, 0.25) is 5.02 Å². The van der Waals surface area contributed by atoms with Crippen molar-refractivity contribution in [2.75, 3.05) is 5.73 Å². The van der Waals surface area contributed by atoms with Crippen LogP contribution in [0.25, 0.3) is 5.69 Å². The second kappa shape index (κ2) is 4.38. The summed E-state index contributed by atoms with van der Waals surface area (Å²) in [4.78, 5) is 11.0. The second-order valence-corrected chi connectivity index (χ2v) is 4.60. The summed E-state index contributed by atoms with van der Waals surface area (Å²) in [6.45, 7) is 0. The minimum atomic E-state index is -0.490. The van der Waals surface area contributed by atoms with Crippen molar-refractivity contribution in [2.45, 2.75) is 0 Å². The highest BCUT2D eigenvalue weighted by Gasteiger charge is 2.10. The summed E-state index contributed by atoms with van der Waals surface area (Å²) in [6, 6.07) is 4.92. The number of halogens is 2. The molecule has 0 bridgehead atoms. The van der Waals surface area contributed by atoms with Gasteiger partial charge in [0.05, 0.1) is 11.9 Å². The van der Waals surface area contributed by atoms with Gasteiger partial charge in [0, 0.05) is 10.0 Å². The highest BCUT2D eigenvalue weighted by Crippen LogP contribution is 2.25. The number of nitrogen functional groups attached to an aromatic ring is 1. The van der Waals surface area contributed by atoms with Crippen molar-refractivity contribution in [1.82, 2.24) is 9.78 Å². The van der Waals surface area contributed by atoms with Crippen LogP contribution in [0.15, 0.2) is 28.9 Å². The molecule has 7 heteroatoms. The zero-order valence-corrected chi connectivity index (χ0v) is 10.9. The first-order chi connectivity index (χ1) is 7.99. The van der Waals surface area contributed by atoms with Crippen LogP contribution in [-0.2, 0) is 0 Å². The van der Waals surface area contributed by atoms with Crippen molar-refractivity contribution in [1.29, 1.82) is 0 Å². The molecule has 1 aromatic heterocycles. The average Bonchev–Trinajstić information content (AvgIpc) is 2.58. The van der Waals surface area contributed by atoms with E-state index in [0.717, 1.165) is 0 Å². The summed E-state index contributed by atoms with van der Waals surface area (Å²) in [5.41, 5.74) is 11.9. The number of amides is 1. The average molecular weight is 316 g/mol. The Labute approximate surface area is 110 Å². The summed E-state index contributed by atoms with van der Waals surface area (Å²) in [5, 5.41) is 4.40. The maximum Gasteiger partial charge on any atom is 0.248 e. The van der Waals surface area contributed by atoms with E-state index in [4.69, 9.17) is 23.1 Å². The largest absolute Gasteiger partial charge is 0.381 e. The molecule has 0 saturated heterocycles. The number of rotatable bonds is 2. The fraction of sp³-hybridized carbons (Fsp3) is 0. The van der Waals surface area contributed by atoms with Crippen LogP contribution < -0.4 is 11.5 Å². The number of aromatic nitrogens is 2. The Morgan fingerprint density at radius 3 is 2.65 bits per heavy atom. The minimum Gasteiger partial charge on any atom is -0.381 e. The molecule has 88 valence electrons. The number of benzene rings is 1. The lowest BCUT2D eigenvalue weighted by Crippen LogP contribution is -2.11. The van der Waals surface area contributed by atoms with Gasteiger partial charge in [-0.25, -0.2) is 4.68 Å². The molecule has 0 unspecified atom stereocenters. The van der Waals surface area contributed by atoms with E-state index in [1.807, 2.05) is 0 Å². The third kappa shape index (κ3) is 2.27. The zero-order valence-electron chi connectivity index (χ0n) is 8.52. The molecule has 1 heterocycles. The molecule has 17 heavy (non-hydrogen) atoms. The number of carbonyl (C=O) groups is 1. The van der Waals surface area contributed by atoms with E-state index in [1.165, 1.54) is 4.68 Å². The summed E-state index contributed by atoms with van der Waals surface area (Å²) in [6.07, 6.45) is 1.58. The Bertz CT molecular complexity index is 576. The van der Waals surface area contributed by atoms with Crippen LogP contribution in [0.5, 0.6) is 0 Å². The minimum absolute atomic E-state index is 0.248. The molecule has 0 saturated carbocycles.